The topological polar surface area (TPSA) is 52.6 Å². The van der Waals surface area contributed by atoms with Crippen molar-refractivity contribution in [2.45, 2.75) is 33.1 Å². The minimum absolute atomic E-state index is 0.00408. The molecular weight excluding hydrogens is 208 g/mol. The number of rotatable bonds is 5. The Labute approximate surface area is 96.3 Å². The van der Waals surface area contributed by atoms with E-state index in [1.165, 1.54) is 0 Å². The summed E-state index contributed by atoms with van der Waals surface area (Å²) in [5, 5.41) is 0. The number of ketones is 1. The van der Waals surface area contributed by atoms with Crippen LogP contribution in [0.5, 0.6) is 0 Å². The van der Waals surface area contributed by atoms with E-state index in [4.69, 9.17) is 9.47 Å². The van der Waals surface area contributed by atoms with Crippen LogP contribution in [0.2, 0.25) is 0 Å². The van der Waals surface area contributed by atoms with Crippen LogP contribution in [0, 0.1) is 11.8 Å². The zero-order chi connectivity index (χ0) is 12.0. The third-order valence-corrected chi connectivity index (χ3v) is 2.85. The van der Waals surface area contributed by atoms with Crippen LogP contribution in [0.1, 0.15) is 33.1 Å². The second-order valence-corrected chi connectivity index (χ2v) is 4.18. The molecule has 16 heavy (non-hydrogen) atoms. The molecule has 1 atom stereocenters. The van der Waals surface area contributed by atoms with Crippen LogP contribution in [0.15, 0.2) is 0 Å². The summed E-state index contributed by atoms with van der Waals surface area (Å²) in [5.74, 6) is -1.05. The molecule has 0 aromatic heterocycles. The average Bonchev–Trinajstić information content (AvgIpc) is 2.35. The highest BCUT2D eigenvalue weighted by Gasteiger charge is 2.30. The fourth-order valence-electron chi connectivity index (χ4n) is 1.78. The molecule has 0 aromatic carbocycles. The van der Waals surface area contributed by atoms with Crippen LogP contribution in [0.25, 0.3) is 0 Å². The van der Waals surface area contributed by atoms with Gasteiger partial charge in [0.15, 0.2) is 0 Å². The minimum atomic E-state index is -0.630. The second kappa shape index (κ2) is 6.63. The zero-order valence-electron chi connectivity index (χ0n) is 10.0. The van der Waals surface area contributed by atoms with Crippen LogP contribution < -0.4 is 0 Å². The lowest BCUT2D eigenvalue weighted by molar-refractivity contribution is -0.153. The van der Waals surface area contributed by atoms with Crippen molar-refractivity contribution in [1.29, 1.82) is 0 Å². The van der Waals surface area contributed by atoms with Gasteiger partial charge in [-0.3, -0.25) is 9.59 Å². The average molecular weight is 228 g/mol. The van der Waals surface area contributed by atoms with Gasteiger partial charge in [-0.2, -0.15) is 0 Å². The minimum Gasteiger partial charge on any atom is -0.465 e. The van der Waals surface area contributed by atoms with Gasteiger partial charge < -0.3 is 9.47 Å². The molecule has 1 unspecified atom stereocenters. The predicted octanol–water partition coefficient (Wildman–Crippen LogP) is 1.57. The van der Waals surface area contributed by atoms with Crippen LogP contribution in [0.4, 0.5) is 0 Å². The molecule has 0 amide bonds. The predicted molar refractivity (Wildman–Crippen MR) is 59.0 cm³/mol. The molecule has 4 nitrogen and oxygen atoms in total. The van der Waals surface area contributed by atoms with Gasteiger partial charge in [-0.25, -0.2) is 0 Å². The Bertz CT molecular complexity index is 243. The van der Waals surface area contributed by atoms with E-state index < -0.39 is 11.9 Å². The number of carbonyl (C=O) groups excluding carboxylic acids is 2. The molecule has 0 radical (unpaired) electrons. The number of esters is 1. The first kappa shape index (κ1) is 13.2. The smallest absolute Gasteiger partial charge is 0.316 e. The van der Waals surface area contributed by atoms with E-state index in [1.54, 1.807) is 6.92 Å². The quantitative estimate of drug-likeness (QED) is 0.529. The Morgan fingerprint density at radius 2 is 2.00 bits per heavy atom. The summed E-state index contributed by atoms with van der Waals surface area (Å²) in [7, 11) is 0. The molecule has 1 fully saturated rings. The first-order chi connectivity index (χ1) is 7.66. The third kappa shape index (κ3) is 3.59. The van der Waals surface area contributed by atoms with E-state index in [9.17, 15) is 9.59 Å². The first-order valence-corrected chi connectivity index (χ1v) is 5.95. The number of Topliss-reactive ketones (excluding diaryl/α,β-unsaturated/α-hetero) is 1. The van der Waals surface area contributed by atoms with Crippen molar-refractivity contribution < 1.29 is 19.1 Å². The highest BCUT2D eigenvalue weighted by atomic mass is 16.5. The van der Waals surface area contributed by atoms with Crippen LogP contribution in [-0.2, 0) is 19.1 Å². The summed E-state index contributed by atoms with van der Waals surface area (Å²) in [6.07, 6.45) is 2.23. The molecule has 0 spiro atoms. The summed E-state index contributed by atoms with van der Waals surface area (Å²) in [5.41, 5.74) is 0. The fourth-order valence-corrected chi connectivity index (χ4v) is 1.78. The maximum absolute atomic E-state index is 11.9. The lowest BCUT2D eigenvalue weighted by atomic mass is 9.88. The standard InChI is InChI=1S/C12H20O4/c1-3-6-16-12(14)9(2)11(13)10-4-7-15-8-5-10/h9-10H,3-8H2,1-2H3. The van der Waals surface area contributed by atoms with Crippen molar-refractivity contribution in [3.05, 3.63) is 0 Å². The van der Waals surface area contributed by atoms with Gasteiger partial charge in [-0.15, -0.1) is 0 Å². The lowest BCUT2D eigenvalue weighted by Gasteiger charge is -2.22. The number of hydrogen-bond donors (Lipinski definition) is 0. The first-order valence-electron chi connectivity index (χ1n) is 5.95. The maximum atomic E-state index is 11.9. The number of hydrogen-bond acceptors (Lipinski definition) is 4. The molecular formula is C12H20O4. The molecule has 4 heteroatoms. The Kier molecular flexibility index (Phi) is 5.46. The van der Waals surface area contributed by atoms with Crippen molar-refractivity contribution in [3.63, 3.8) is 0 Å². The SMILES string of the molecule is CCCOC(=O)C(C)C(=O)C1CCOCC1. The van der Waals surface area contributed by atoms with Crippen molar-refractivity contribution in [2.24, 2.45) is 11.8 Å². The molecule has 1 aliphatic heterocycles. The van der Waals surface area contributed by atoms with E-state index in [0.717, 1.165) is 19.3 Å². The monoisotopic (exact) mass is 228 g/mol. The van der Waals surface area contributed by atoms with Crippen molar-refractivity contribution in [3.8, 4) is 0 Å². The van der Waals surface area contributed by atoms with Gasteiger partial charge in [-0.05, 0) is 26.2 Å². The Morgan fingerprint density at radius 3 is 2.56 bits per heavy atom. The molecule has 1 aliphatic rings. The summed E-state index contributed by atoms with van der Waals surface area (Å²) >= 11 is 0. The van der Waals surface area contributed by atoms with E-state index >= 15 is 0 Å². The molecule has 0 saturated carbocycles. The fraction of sp³-hybridized carbons (Fsp3) is 0.833. The third-order valence-electron chi connectivity index (χ3n) is 2.85. The Morgan fingerprint density at radius 1 is 1.38 bits per heavy atom. The molecule has 92 valence electrons. The normalized spacial score (nSPS) is 19.1. The van der Waals surface area contributed by atoms with Crippen molar-refractivity contribution in [2.75, 3.05) is 19.8 Å². The van der Waals surface area contributed by atoms with Gasteiger partial charge in [0.2, 0.25) is 0 Å². The summed E-state index contributed by atoms with van der Waals surface area (Å²) in [6, 6.07) is 0. The van der Waals surface area contributed by atoms with Gasteiger partial charge in [0, 0.05) is 19.1 Å². The van der Waals surface area contributed by atoms with Gasteiger partial charge in [0.05, 0.1) is 6.61 Å². The highest BCUT2D eigenvalue weighted by molar-refractivity contribution is 5.99. The number of ether oxygens (including phenoxy) is 2. The van der Waals surface area contributed by atoms with Crippen LogP contribution in [-0.4, -0.2) is 31.6 Å². The van der Waals surface area contributed by atoms with Gasteiger partial charge in [0.25, 0.3) is 0 Å². The van der Waals surface area contributed by atoms with Crippen LogP contribution in [0.3, 0.4) is 0 Å². The van der Waals surface area contributed by atoms with Gasteiger partial charge in [-0.1, -0.05) is 6.92 Å². The molecule has 1 rings (SSSR count). The molecule has 0 aromatic rings. The summed E-state index contributed by atoms with van der Waals surface area (Å²) in [6.45, 7) is 5.19. The number of carbonyl (C=O) groups is 2. The van der Waals surface area contributed by atoms with E-state index in [1.807, 2.05) is 6.92 Å². The zero-order valence-corrected chi connectivity index (χ0v) is 10.0. The molecule has 1 saturated heterocycles. The largest absolute Gasteiger partial charge is 0.465 e. The van der Waals surface area contributed by atoms with E-state index in [-0.39, 0.29) is 11.7 Å². The summed E-state index contributed by atoms with van der Waals surface area (Å²) in [4.78, 5) is 23.5. The maximum Gasteiger partial charge on any atom is 0.316 e. The Balaban J connectivity index is 2.42. The van der Waals surface area contributed by atoms with Gasteiger partial charge in [0.1, 0.15) is 11.7 Å². The molecule has 0 N–H and O–H groups in total. The highest BCUT2D eigenvalue weighted by Crippen LogP contribution is 2.20. The summed E-state index contributed by atoms with van der Waals surface area (Å²) < 4.78 is 10.2. The van der Waals surface area contributed by atoms with E-state index in [2.05, 4.69) is 0 Å². The molecule has 0 bridgehead atoms. The Hall–Kier alpha value is -0.900. The van der Waals surface area contributed by atoms with E-state index in [0.29, 0.717) is 19.8 Å². The van der Waals surface area contributed by atoms with Crippen LogP contribution >= 0.6 is 0 Å². The van der Waals surface area contributed by atoms with Gasteiger partial charge >= 0.3 is 5.97 Å². The molecule has 0 aliphatic carbocycles. The lowest BCUT2D eigenvalue weighted by Crippen LogP contribution is -2.32. The molecule has 1 heterocycles. The van der Waals surface area contributed by atoms with Crippen molar-refractivity contribution in [1.82, 2.24) is 0 Å². The van der Waals surface area contributed by atoms with Crippen molar-refractivity contribution >= 4 is 11.8 Å². The second-order valence-electron chi connectivity index (χ2n) is 4.18.